The van der Waals surface area contributed by atoms with Gasteiger partial charge >= 0.3 is 0 Å². The van der Waals surface area contributed by atoms with E-state index in [2.05, 4.69) is 15.3 Å². The topological polar surface area (TPSA) is 47.0 Å². The van der Waals surface area contributed by atoms with Crippen molar-refractivity contribution in [2.24, 2.45) is 0 Å². The van der Waals surface area contributed by atoms with Crippen molar-refractivity contribution in [3.63, 3.8) is 0 Å². The van der Waals surface area contributed by atoms with Crippen LogP contribution in [0.3, 0.4) is 0 Å². The normalized spacial score (nSPS) is 10.6. The first-order valence-corrected chi connectivity index (χ1v) is 6.25. The van der Waals surface area contributed by atoms with Crippen molar-refractivity contribution in [1.82, 2.24) is 9.97 Å². The van der Waals surface area contributed by atoms with Crippen LogP contribution < -0.4 is 10.1 Å². The molecule has 4 nitrogen and oxygen atoms in total. The summed E-state index contributed by atoms with van der Waals surface area (Å²) < 4.78 is 32.3. The van der Waals surface area contributed by atoms with Gasteiger partial charge in [-0.2, -0.15) is 4.98 Å². The summed E-state index contributed by atoms with van der Waals surface area (Å²) in [5, 5.41) is 3.41. The molecule has 0 atom stereocenters. The molecule has 1 aromatic heterocycles. The Kier molecular flexibility index (Phi) is 3.35. The molecule has 1 N–H and O–H groups in total. The summed E-state index contributed by atoms with van der Waals surface area (Å²) in [5.41, 5.74) is 0.642. The Bertz CT molecular complexity index is 808. The van der Waals surface area contributed by atoms with Gasteiger partial charge in [0.25, 0.3) is 0 Å². The van der Waals surface area contributed by atoms with E-state index in [1.54, 1.807) is 25.2 Å². The van der Waals surface area contributed by atoms with Gasteiger partial charge in [0, 0.05) is 13.1 Å². The molecule has 0 spiro atoms. The lowest BCUT2D eigenvalue weighted by Gasteiger charge is -2.10. The van der Waals surface area contributed by atoms with E-state index in [1.165, 1.54) is 0 Å². The molecular formula is C15H11F2N3O. The minimum absolute atomic E-state index is 0.162. The van der Waals surface area contributed by atoms with Gasteiger partial charge in [-0.25, -0.2) is 13.8 Å². The molecule has 0 aliphatic rings. The lowest BCUT2D eigenvalue weighted by molar-refractivity contribution is 0.427. The summed E-state index contributed by atoms with van der Waals surface area (Å²) >= 11 is 0. The Hall–Kier alpha value is -2.76. The van der Waals surface area contributed by atoms with Gasteiger partial charge in [0.1, 0.15) is 5.82 Å². The van der Waals surface area contributed by atoms with Crippen LogP contribution in [0.1, 0.15) is 0 Å². The highest BCUT2D eigenvalue weighted by Crippen LogP contribution is 2.30. The maximum atomic E-state index is 13.7. The van der Waals surface area contributed by atoms with Crippen molar-refractivity contribution >= 4 is 16.9 Å². The molecule has 3 aromatic rings. The highest BCUT2D eigenvalue weighted by atomic mass is 19.1. The Morgan fingerprint density at radius 1 is 1.05 bits per heavy atom. The van der Waals surface area contributed by atoms with Crippen LogP contribution in [0.5, 0.6) is 11.6 Å². The zero-order valence-electron chi connectivity index (χ0n) is 11.1. The third kappa shape index (κ3) is 2.60. The first-order valence-electron chi connectivity index (χ1n) is 6.25. The van der Waals surface area contributed by atoms with E-state index >= 15 is 0 Å². The van der Waals surface area contributed by atoms with E-state index in [-0.39, 0.29) is 11.6 Å². The number of nitrogens with zero attached hydrogens (tertiary/aromatic N) is 2. The molecule has 0 bridgehead atoms. The number of para-hydroxylation sites is 1. The summed E-state index contributed by atoms with van der Waals surface area (Å²) in [4.78, 5) is 8.42. The number of halogens is 2. The van der Waals surface area contributed by atoms with Gasteiger partial charge in [-0.15, -0.1) is 0 Å². The predicted molar refractivity (Wildman–Crippen MR) is 75.5 cm³/mol. The monoisotopic (exact) mass is 287 g/mol. The number of anilines is 1. The van der Waals surface area contributed by atoms with Crippen molar-refractivity contribution in [3.05, 3.63) is 54.1 Å². The second kappa shape index (κ2) is 5.32. The summed E-state index contributed by atoms with van der Waals surface area (Å²) in [6.45, 7) is 0. The second-order valence-corrected chi connectivity index (χ2v) is 4.30. The smallest absolute Gasteiger partial charge is 0.232 e. The molecule has 0 amide bonds. The summed E-state index contributed by atoms with van der Waals surface area (Å²) in [7, 11) is 1.66. The lowest BCUT2D eigenvalue weighted by atomic mass is 10.2. The average molecular weight is 287 g/mol. The minimum Gasteiger partial charge on any atom is -0.435 e. The summed E-state index contributed by atoms with van der Waals surface area (Å²) in [6, 6.07) is 10.2. The van der Waals surface area contributed by atoms with Crippen LogP contribution in [0, 0.1) is 11.6 Å². The first-order chi connectivity index (χ1) is 10.2. The van der Waals surface area contributed by atoms with Crippen LogP contribution in [0.2, 0.25) is 0 Å². The van der Waals surface area contributed by atoms with Crippen LogP contribution in [0.4, 0.5) is 14.7 Å². The number of nitrogens with one attached hydrogen (secondary N) is 1. The second-order valence-electron chi connectivity index (χ2n) is 4.30. The largest absolute Gasteiger partial charge is 0.435 e. The van der Waals surface area contributed by atoms with Crippen LogP contribution in [-0.2, 0) is 0 Å². The lowest BCUT2D eigenvalue weighted by Crippen LogP contribution is -2.00. The molecule has 21 heavy (non-hydrogen) atoms. The van der Waals surface area contributed by atoms with E-state index in [0.29, 0.717) is 16.9 Å². The summed E-state index contributed by atoms with van der Waals surface area (Å²) in [6.07, 6.45) is 0. The molecule has 0 radical (unpaired) electrons. The van der Waals surface area contributed by atoms with E-state index in [4.69, 9.17) is 4.74 Å². The van der Waals surface area contributed by atoms with Crippen molar-refractivity contribution < 1.29 is 13.5 Å². The molecule has 6 heteroatoms. The van der Waals surface area contributed by atoms with Gasteiger partial charge in [-0.1, -0.05) is 12.1 Å². The van der Waals surface area contributed by atoms with Crippen LogP contribution >= 0.6 is 0 Å². The fraction of sp³-hybridized carbons (Fsp3) is 0.0667. The molecule has 0 unspecified atom stereocenters. The number of fused-ring (bicyclic) bond motifs is 1. The third-order valence-corrected chi connectivity index (χ3v) is 2.89. The van der Waals surface area contributed by atoms with Gasteiger partial charge in [0.15, 0.2) is 11.6 Å². The van der Waals surface area contributed by atoms with Crippen molar-refractivity contribution in [1.29, 1.82) is 0 Å². The molecule has 3 rings (SSSR count). The third-order valence-electron chi connectivity index (χ3n) is 2.89. The molecule has 0 fully saturated rings. The highest BCUT2D eigenvalue weighted by molar-refractivity contribution is 5.84. The van der Waals surface area contributed by atoms with Crippen LogP contribution in [0.15, 0.2) is 42.5 Å². The standard InChI is InChI=1S/C15H11F2N3O/c1-18-15-19-12-5-3-2-4-10(12)14(20-15)21-13-8-9(16)6-7-11(13)17/h2-8H,1H3,(H,18,19,20). The fourth-order valence-corrected chi connectivity index (χ4v) is 1.90. The molecule has 0 aliphatic carbocycles. The van der Waals surface area contributed by atoms with E-state index in [9.17, 15) is 8.78 Å². The van der Waals surface area contributed by atoms with E-state index in [1.807, 2.05) is 6.07 Å². The van der Waals surface area contributed by atoms with Gasteiger partial charge in [-0.3, -0.25) is 0 Å². The Labute approximate surface area is 119 Å². The number of hydrogen-bond donors (Lipinski definition) is 1. The van der Waals surface area contributed by atoms with Gasteiger partial charge in [-0.05, 0) is 24.3 Å². The van der Waals surface area contributed by atoms with Gasteiger partial charge in [0.05, 0.1) is 10.9 Å². The Balaban J connectivity index is 2.13. The molecule has 0 saturated heterocycles. The number of ether oxygens (including phenoxy) is 1. The molecule has 0 saturated carbocycles. The fourth-order valence-electron chi connectivity index (χ4n) is 1.90. The van der Waals surface area contributed by atoms with Crippen molar-refractivity contribution in [2.75, 3.05) is 12.4 Å². The van der Waals surface area contributed by atoms with Gasteiger partial charge in [0.2, 0.25) is 11.8 Å². The van der Waals surface area contributed by atoms with Crippen LogP contribution in [-0.4, -0.2) is 17.0 Å². The zero-order chi connectivity index (χ0) is 14.8. The maximum Gasteiger partial charge on any atom is 0.232 e. The number of hydrogen-bond acceptors (Lipinski definition) is 4. The molecular weight excluding hydrogens is 276 g/mol. The SMILES string of the molecule is CNc1nc(Oc2cc(F)ccc2F)c2ccccc2n1. The van der Waals surface area contributed by atoms with Crippen LogP contribution in [0.25, 0.3) is 10.9 Å². The molecule has 1 heterocycles. The average Bonchev–Trinajstić information content (AvgIpc) is 2.50. The first kappa shape index (κ1) is 13.2. The number of benzene rings is 2. The zero-order valence-corrected chi connectivity index (χ0v) is 11.1. The number of aromatic nitrogens is 2. The maximum absolute atomic E-state index is 13.7. The van der Waals surface area contributed by atoms with Crippen molar-refractivity contribution in [3.8, 4) is 11.6 Å². The number of rotatable bonds is 3. The quantitative estimate of drug-likeness (QED) is 0.797. The van der Waals surface area contributed by atoms with Gasteiger partial charge < -0.3 is 10.1 Å². The molecule has 2 aromatic carbocycles. The minimum atomic E-state index is -0.662. The Morgan fingerprint density at radius 3 is 2.67 bits per heavy atom. The summed E-state index contributed by atoms with van der Waals surface area (Å²) in [5.74, 6) is -0.973. The molecule has 106 valence electrons. The predicted octanol–water partition coefficient (Wildman–Crippen LogP) is 3.74. The highest BCUT2D eigenvalue weighted by Gasteiger charge is 2.12. The van der Waals surface area contributed by atoms with E-state index < -0.39 is 11.6 Å². The van der Waals surface area contributed by atoms with Crippen molar-refractivity contribution in [2.45, 2.75) is 0 Å². The molecule has 0 aliphatic heterocycles. The Morgan fingerprint density at radius 2 is 1.86 bits per heavy atom. The van der Waals surface area contributed by atoms with E-state index in [0.717, 1.165) is 18.2 Å².